The number of hydrogen-bond donors (Lipinski definition) is 0. The Labute approximate surface area is 70.6 Å². The first-order chi connectivity index (χ1) is 6.99. The molecule has 3 nitrogen and oxygen atoms in total. The van der Waals surface area contributed by atoms with Crippen LogP contribution in [0.4, 0.5) is 0 Å². The summed E-state index contributed by atoms with van der Waals surface area (Å²) in [4.78, 5) is 14.7. The van der Waals surface area contributed by atoms with Gasteiger partial charge >= 0.3 is 5.97 Å². The number of rotatable bonds is 2. The zero-order valence-electron chi connectivity index (χ0n) is 9.97. The molecule has 1 heterocycles. The summed E-state index contributed by atoms with van der Waals surface area (Å²) in [6.07, 6.45) is -1.00. The summed E-state index contributed by atoms with van der Waals surface area (Å²) in [5.41, 5.74) is -0.373. The fourth-order valence-corrected chi connectivity index (χ4v) is 0.532. The van der Waals surface area contributed by atoms with Crippen molar-refractivity contribution in [1.82, 2.24) is 4.98 Å². The predicted molar refractivity (Wildman–Crippen MR) is 40.2 cm³/mol. The van der Waals surface area contributed by atoms with Gasteiger partial charge in [-0.3, -0.25) is 4.98 Å². The van der Waals surface area contributed by atoms with Crippen molar-refractivity contribution in [2.45, 2.75) is 6.92 Å². The molecule has 0 N–H and O–H groups in total. The van der Waals surface area contributed by atoms with E-state index in [-0.39, 0.29) is 12.2 Å². The summed E-state index contributed by atoms with van der Waals surface area (Å²) in [5, 5.41) is 0. The van der Waals surface area contributed by atoms with E-state index >= 15 is 0 Å². The number of pyridine rings is 1. The minimum absolute atomic E-state index is 0.112. The molecule has 0 aliphatic rings. The highest BCUT2D eigenvalue weighted by molar-refractivity contribution is 5.89. The molecule has 0 spiro atoms. The molecule has 1 aromatic heterocycles. The van der Waals surface area contributed by atoms with E-state index in [2.05, 4.69) is 9.72 Å². The average molecular weight is 155 g/mol. The van der Waals surface area contributed by atoms with Gasteiger partial charge in [0.2, 0.25) is 0 Å². The Morgan fingerprint density at radius 1 is 1.73 bits per heavy atom. The van der Waals surface area contributed by atoms with Crippen LogP contribution in [-0.2, 0) is 4.74 Å². The van der Waals surface area contributed by atoms with Crippen LogP contribution in [0.1, 0.15) is 22.8 Å². The SMILES string of the molecule is [2H]c1nc([2H])c([2H])c(C(=O)OCC)c1[2H]. The third-order valence-electron chi connectivity index (χ3n) is 0.953. The van der Waals surface area contributed by atoms with Crippen LogP contribution in [-0.4, -0.2) is 17.6 Å². The minimum atomic E-state index is -0.864. The first kappa shape index (κ1) is 3.85. The maximum absolute atomic E-state index is 11.3. The normalized spacial score (nSPS) is 14.3. The van der Waals surface area contributed by atoms with E-state index in [9.17, 15) is 4.79 Å². The van der Waals surface area contributed by atoms with Gasteiger partial charge in [-0.25, -0.2) is 4.79 Å². The number of ether oxygens (including phenoxy) is 1. The number of carbonyl (C=O) groups excluding carboxylic acids is 1. The van der Waals surface area contributed by atoms with Crippen molar-refractivity contribution in [3.05, 3.63) is 30.0 Å². The molecule has 0 radical (unpaired) electrons. The summed E-state index contributed by atoms with van der Waals surface area (Å²) >= 11 is 0. The smallest absolute Gasteiger partial charge is 0.338 e. The Balaban J connectivity index is 3.32. The molecule has 0 aliphatic heterocycles. The van der Waals surface area contributed by atoms with E-state index in [0.717, 1.165) is 0 Å². The first-order valence-corrected chi connectivity index (χ1v) is 3.10. The molecule has 3 heteroatoms. The molecule has 1 aromatic rings. The maximum Gasteiger partial charge on any atom is 0.338 e. The molecule has 0 saturated heterocycles. The van der Waals surface area contributed by atoms with E-state index in [1.165, 1.54) is 0 Å². The van der Waals surface area contributed by atoms with Crippen LogP contribution in [0.2, 0.25) is 0 Å². The van der Waals surface area contributed by atoms with E-state index in [4.69, 9.17) is 5.48 Å². The monoisotopic (exact) mass is 155 g/mol. The number of esters is 1. The lowest BCUT2D eigenvalue weighted by Crippen LogP contribution is -2.03. The molecular formula is C8H9NO2. The highest BCUT2D eigenvalue weighted by atomic mass is 16.5. The van der Waals surface area contributed by atoms with Gasteiger partial charge in [-0.15, -0.1) is 0 Å². The molecule has 0 aromatic carbocycles. The topological polar surface area (TPSA) is 39.2 Å². The average Bonchev–Trinajstić information content (AvgIpc) is 2.16. The Morgan fingerprint density at radius 2 is 2.36 bits per heavy atom. The van der Waals surface area contributed by atoms with Gasteiger partial charge in [0.25, 0.3) is 0 Å². The van der Waals surface area contributed by atoms with Gasteiger partial charge in [0.15, 0.2) is 0 Å². The first-order valence-electron chi connectivity index (χ1n) is 5.10. The third-order valence-corrected chi connectivity index (χ3v) is 0.953. The van der Waals surface area contributed by atoms with Gasteiger partial charge in [0.1, 0.15) is 0 Å². The van der Waals surface area contributed by atoms with Crippen LogP contribution in [0, 0.1) is 0 Å². The standard InChI is InChI=1S/C8H9NO2/c1-2-11-8(10)7-3-5-9-6-4-7/h3-6H,2H2,1H3/i3D,4D,5D,6D. The highest BCUT2D eigenvalue weighted by Gasteiger charge is 2.02. The molecule has 0 amide bonds. The highest BCUT2D eigenvalue weighted by Crippen LogP contribution is 1.98. The molecule has 11 heavy (non-hydrogen) atoms. The fourth-order valence-electron chi connectivity index (χ4n) is 0.532. The second kappa shape index (κ2) is 3.71. The Kier molecular flexibility index (Phi) is 1.30. The van der Waals surface area contributed by atoms with Crippen LogP contribution in [0.3, 0.4) is 0 Å². The Hall–Kier alpha value is -1.38. The summed E-state index contributed by atoms with van der Waals surface area (Å²) in [5.74, 6) is -0.864. The Morgan fingerprint density at radius 3 is 2.91 bits per heavy atom. The fraction of sp³-hybridized carbons (Fsp3) is 0.250. The maximum atomic E-state index is 11.3. The van der Waals surface area contributed by atoms with E-state index < -0.39 is 30.4 Å². The Bertz CT molecular complexity index is 382. The predicted octanol–water partition coefficient (Wildman–Crippen LogP) is 1.26. The van der Waals surface area contributed by atoms with Gasteiger partial charge in [0, 0.05) is 12.3 Å². The molecule has 0 bridgehead atoms. The second-order valence-corrected chi connectivity index (χ2v) is 1.68. The lowest BCUT2D eigenvalue weighted by Gasteiger charge is -1.98. The molecule has 0 saturated carbocycles. The van der Waals surface area contributed by atoms with Crippen LogP contribution >= 0.6 is 0 Å². The van der Waals surface area contributed by atoms with Gasteiger partial charge in [-0.2, -0.15) is 0 Å². The zero-order valence-corrected chi connectivity index (χ0v) is 5.97. The molecule has 0 fully saturated rings. The van der Waals surface area contributed by atoms with Crippen LogP contribution in [0.25, 0.3) is 0 Å². The lowest BCUT2D eigenvalue weighted by atomic mass is 10.3. The summed E-state index contributed by atoms with van der Waals surface area (Å²) in [6.45, 7) is 1.70. The minimum Gasteiger partial charge on any atom is -0.462 e. The van der Waals surface area contributed by atoms with Crippen molar-refractivity contribution < 1.29 is 15.0 Å². The van der Waals surface area contributed by atoms with E-state index in [1.54, 1.807) is 6.92 Å². The molecule has 0 atom stereocenters. The quantitative estimate of drug-likeness (QED) is 0.603. The third kappa shape index (κ3) is 2.04. The second-order valence-electron chi connectivity index (χ2n) is 1.68. The van der Waals surface area contributed by atoms with Gasteiger partial charge in [-0.1, -0.05) is 0 Å². The summed E-state index contributed by atoms with van der Waals surface area (Å²) in [7, 11) is 0. The van der Waals surface area contributed by atoms with Crippen molar-refractivity contribution in [3.63, 3.8) is 0 Å². The largest absolute Gasteiger partial charge is 0.462 e. The summed E-state index contributed by atoms with van der Waals surface area (Å²) in [6, 6.07) is -0.955. The zero-order chi connectivity index (χ0) is 11.6. The van der Waals surface area contributed by atoms with Crippen LogP contribution < -0.4 is 0 Å². The van der Waals surface area contributed by atoms with E-state index in [0.29, 0.717) is 0 Å². The van der Waals surface area contributed by atoms with Gasteiger partial charge in [0.05, 0.1) is 17.7 Å². The number of hydrogen-bond acceptors (Lipinski definition) is 3. The molecular weight excluding hydrogens is 142 g/mol. The molecule has 1 rings (SSSR count). The number of nitrogens with zero attached hydrogens (tertiary/aromatic N) is 1. The molecule has 58 valence electrons. The van der Waals surface area contributed by atoms with Crippen molar-refractivity contribution in [2.24, 2.45) is 0 Å². The number of aromatic nitrogens is 1. The summed E-state index contributed by atoms with van der Waals surface area (Å²) < 4.78 is 33.8. The van der Waals surface area contributed by atoms with Crippen molar-refractivity contribution >= 4 is 5.97 Å². The van der Waals surface area contributed by atoms with Crippen LogP contribution in [0.15, 0.2) is 24.4 Å². The van der Waals surface area contributed by atoms with Crippen LogP contribution in [0.5, 0.6) is 0 Å². The van der Waals surface area contributed by atoms with Crippen molar-refractivity contribution in [1.29, 1.82) is 0 Å². The van der Waals surface area contributed by atoms with E-state index in [1.807, 2.05) is 0 Å². The number of carbonyl (C=O) groups is 1. The van der Waals surface area contributed by atoms with Gasteiger partial charge in [-0.05, 0) is 19.0 Å². The molecule has 0 unspecified atom stereocenters. The van der Waals surface area contributed by atoms with Crippen molar-refractivity contribution in [2.75, 3.05) is 6.61 Å². The van der Waals surface area contributed by atoms with Gasteiger partial charge < -0.3 is 4.74 Å². The lowest BCUT2D eigenvalue weighted by molar-refractivity contribution is 0.0526. The van der Waals surface area contributed by atoms with Crippen molar-refractivity contribution in [3.8, 4) is 0 Å². The molecule has 0 aliphatic carbocycles.